The number of anilines is 1. The summed E-state index contributed by atoms with van der Waals surface area (Å²) >= 11 is 0. The van der Waals surface area contributed by atoms with Crippen molar-refractivity contribution >= 4 is 11.6 Å². The lowest BCUT2D eigenvalue weighted by molar-refractivity contribution is -0.117. The molecule has 1 atom stereocenters. The second-order valence-corrected chi connectivity index (χ2v) is 5.66. The number of unbranched alkanes of at least 4 members (excludes halogenated alkanes) is 6. The number of carbonyl (C=O) groups is 1. The standard InChI is InChI=1S/C17H24FNO/c1-2-3-4-5-6-7-8-10-14-13-11-9-12-15(18)16(13)19-17(14)20/h9,11-12,14H,2-8,10H2,1H3,(H,19,20). The van der Waals surface area contributed by atoms with Crippen LogP contribution in [0.15, 0.2) is 18.2 Å². The van der Waals surface area contributed by atoms with Gasteiger partial charge in [-0.1, -0.05) is 64.0 Å². The largest absolute Gasteiger partial charge is 0.323 e. The molecule has 1 N–H and O–H groups in total. The molecule has 110 valence electrons. The lowest BCUT2D eigenvalue weighted by Gasteiger charge is -2.08. The van der Waals surface area contributed by atoms with E-state index in [9.17, 15) is 9.18 Å². The number of para-hydroxylation sites is 1. The van der Waals surface area contributed by atoms with Crippen LogP contribution in [0.5, 0.6) is 0 Å². The van der Waals surface area contributed by atoms with Gasteiger partial charge in [0, 0.05) is 0 Å². The highest BCUT2D eigenvalue weighted by Gasteiger charge is 2.31. The van der Waals surface area contributed by atoms with Gasteiger partial charge in [-0.05, 0) is 18.1 Å². The van der Waals surface area contributed by atoms with E-state index in [1.807, 2.05) is 6.07 Å². The molecule has 1 aromatic rings. The number of nitrogens with one attached hydrogen (secondary N) is 1. The van der Waals surface area contributed by atoms with Gasteiger partial charge in [-0.25, -0.2) is 4.39 Å². The Labute approximate surface area is 120 Å². The third-order valence-corrected chi connectivity index (χ3v) is 4.08. The van der Waals surface area contributed by atoms with Crippen molar-refractivity contribution in [3.8, 4) is 0 Å². The van der Waals surface area contributed by atoms with Crippen molar-refractivity contribution in [2.45, 2.75) is 64.2 Å². The minimum atomic E-state index is -0.321. The van der Waals surface area contributed by atoms with Gasteiger partial charge in [0.15, 0.2) is 0 Å². The molecule has 1 unspecified atom stereocenters. The number of halogens is 1. The number of carbonyl (C=O) groups excluding carboxylic acids is 1. The lowest BCUT2D eigenvalue weighted by Crippen LogP contribution is -2.12. The fraction of sp³-hybridized carbons (Fsp3) is 0.588. The first-order valence-corrected chi connectivity index (χ1v) is 7.83. The molecule has 0 aromatic heterocycles. The highest BCUT2D eigenvalue weighted by Crippen LogP contribution is 2.37. The molecular weight excluding hydrogens is 253 g/mol. The van der Waals surface area contributed by atoms with E-state index in [4.69, 9.17) is 0 Å². The molecule has 0 bridgehead atoms. The van der Waals surface area contributed by atoms with Crippen LogP contribution in [-0.4, -0.2) is 5.91 Å². The summed E-state index contributed by atoms with van der Waals surface area (Å²) in [4.78, 5) is 11.9. The number of hydrogen-bond acceptors (Lipinski definition) is 1. The van der Waals surface area contributed by atoms with Crippen LogP contribution < -0.4 is 5.32 Å². The first-order chi connectivity index (χ1) is 9.74. The van der Waals surface area contributed by atoms with E-state index < -0.39 is 0 Å². The predicted molar refractivity (Wildman–Crippen MR) is 80.4 cm³/mol. The van der Waals surface area contributed by atoms with Crippen molar-refractivity contribution in [1.29, 1.82) is 0 Å². The third kappa shape index (κ3) is 3.59. The second kappa shape index (κ2) is 7.41. The maximum Gasteiger partial charge on any atom is 0.232 e. The molecule has 2 nitrogen and oxygen atoms in total. The van der Waals surface area contributed by atoms with Crippen LogP contribution in [0, 0.1) is 5.82 Å². The SMILES string of the molecule is CCCCCCCCCC1C(=O)Nc2c(F)cccc21. The maximum atomic E-state index is 13.6. The summed E-state index contributed by atoms with van der Waals surface area (Å²) in [6, 6.07) is 4.95. The molecule has 3 heteroatoms. The van der Waals surface area contributed by atoms with Crippen LogP contribution >= 0.6 is 0 Å². The predicted octanol–water partition coefficient (Wildman–Crippen LogP) is 5.00. The number of hydrogen-bond donors (Lipinski definition) is 1. The number of benzene rings is 1. The molecule has 1 heterocycles. The summed E-state index contributed by atoms with van der Waals surface area (Å²) in [6.45, 7) is 2.22. The monoisotopic (exact) mass is 277 g/mol. The van der Waals surface area contributed by atoms with Gasteiger partial charge in [0.2, 0.25) is 5.91 Å². The van der Waals surface area contributed by atoms with E-state index in [1.54, 1.807) is 6.07 Å². The van der Waals surface area contributed by atoms with Gasteiger partial charge in [0.05, 0.1) is 11.6 Å². The van der Waals surface area contributed by atoms with E-state index in [-0.39, 0.29) is 17.6 Å². The van der Waals surface area contributed by atoms with Gasteiger partial charge in [0.1, 0.15) is 5.82 Å². The van der Waals surface area contributed by atoms with Gasteiger partial charge in [-0.15, -0.1) is 0 Å². The fourth-order valence-corrected chi connectivity index (χ4v) is 2.91. The molecule has 0 aliphatic carbocycles. The third-order valence-electron chi connectivity index (χ3n) is 4.08. The zero-order valence-electron chi connectivity index (χ0n) is 12.3. The molecule has 0 saturated heterocycles. The van der Waals surface area contributed by atoms with Gasteiger partial charge in [-0.2, -0.15) is 0 Å². The van der Waals surface area contributed by atoms with E-state index in [1.165, 1.54) is 38.2 Å². The fourth-order valence-electron chi connectivity index (χ4n) is 2.91. The Balaban J connectivity index is 1.77. The number of rotatable bonds is 8. The molecule has 0 fully saturated rings. The Kier molecular flexibility index (Phi) is 5.57. The molecule has 2 rings (SSSR count). The van der Waals surface area contributed by atoms with Crippen LogP contribution in [-0.2, 0) is 4.79 Å². The Bertz CT molecular complexity index is 458. The van der Waals surface area contributed by atoms with Crippen molar-refractivity contribution in [1.82, 2.24) is 0 Å². The average molecular weight is 277 g/mol. The molecule has 1 aliphatic rings. The summed E-state index contributed by atoms with van der Waals surface area (Å²) in [6.07, 6.45) is 9.46. The van der Waals surface area contributed by atoms with Crippen molar-refractivity contribution in [2.75, 3.05) is 5.32 Å². The summed E-state index contributed by atoms with van der Waals surface area (Å²) < 4.78 is 13.6. The van der Waals surface area contributed by atoms with Crippen LogP contribution in [0.4, 0.5) is 10.1 Å². The summed E-state index contributed by atoms with van der Waals surface area (Å²) in [5, 5.41) is 2.67. The topological polar surface area (TPSA) is 29.1 Å². The zero-order valence-corrected chi connectivity index (χ0v) is 12.3. The highest BCUT2D eigenvalue weighted by molar-refractivity contribution is 6.02. The minimum absolute atomic E-state index is 0.0453. The van der Waals surface area contributed by atoms with Crippen molar-refractivity contribution < 1.29 is 9.18 Å². The quantitative estimate of drug-likeness (QED) is 0.665. The van der Waals surface area contributed by atoms with E-state index in [2.05, 4.69) is 12.2 Å². The van der Waals surface area contributed by atoms with Crippen LogP contribution in [0.1, 0.15) is 69.8 Å². The molecule has 0 spiro atoms. The first-order valence-electron chi connectivity index (χ1n) is 7.83. The molecule has 0 saturated carbocycles. The van der Waals surface area contributed by atoms with Crippen molar-refractivity contribution in [3.63, 3.8) is 0 Å². The zero-order chi connectivity index (χ0) is 14.4. The summed E-state index contributed by atoms with van der Waals surface area (Å²) in [5.74, 6) is -0.523. The molecule has 0 radical (unpaired) electrons. The average Bonchev–Trinajstić information content (AvgIpc) is 2.76. The van der Waals surface area contributed by atoms with Crippen LogP contribution in [0.25, 0.3) is 0 Å². The van der Waals surface area contributed by atoms with Crippen molar-refractivity contribution in [2.24, 2.45) is 0 Å². The van der Waals surface area contributed by atoms with E-state index in [0.717, 1.165) is 24.8 Å². The smallest absolute Gasteiger partial charge is 0.232 e. The van der Waals surface area contributed by atoms with Crippen LogP contribution in [0.3, 0.4) is 0 Å². The number of fused-ring (bicyclic) bond motifs is 1. The Hall–Kier alpha value is -1.38. The Morgan fingerprint density at radius 3 is 2.55 bits per heavy atom. The molecule has 1 aliphatic heterocycles. The van der Waals surface area contributed by atoms with E-state index in [0.29, 0.717) is 5.69 Å². The molecular formula is C17H24FNO. The normalized spacial score (nSPS) is 17.1. The van der Waals surface area contributed by atoms with Gasteiger partial charge < -0.3 is 5.32 Å². The highest BCUT2D eigenvalue weighted by atomic mass is 19.1. The van der Waals surface area contributed by atoms with E-state index >= 15 is 0 Å². The Morgan fingerprint density at radius 1 is 1.10 bits per heavy atom. The van der Waals surface area contributed by atoms with Crippen molar-refractivity contribution in [3.05, 3.63) is 29.6 Å². The minimum Gasteiger partial charge on any atom is -0.323 e. The molecule has 20 heavy (non-hydrogen) atoms. The Morgan fingerprint density at radius 2 is 1.80 bits per heavy atom. The first kappa shape index (κ1) is 15.0. The number of amides is 1. The summed E-state index contributed by atoms with van der Waals surface area (Å²) in [7, 11) is 0. The maximum absolute atomic E-state index is 13.6. The molecule has 1 amide bonds. The summed E-state index contributed by atoms with van der Waals surface area (Å²) in [5.41, 5.74) is 1.23. The van der Waals surface area contributed by atoms with Crippen LogP contribution in [0.2, 0.25) is 0 Å². The second-order valence-electron chi connectivity index (χ2n) is 5.66. The van der Waals surface area contributed by atoms with Gasteiger partial charge >= 0.3 is 0 Å². The van der Waals surface area contributed by atoms with Gasteiger partial charge in [0.25, 0.3) is 0 Å². The molecule has 1 aromatic carbocycles. The lowest BCUT2D eigenvalue weighted by atomic mass is 9.94. The van der Waals surface area contributed by atoms with Gasteiger partial charge in [-0.3, -0.25) is 4.79 Å².